The van der Waals surface area contributed by atoms with Crippen molar-refractivity contribution in [1.82, 2.24) is 15.6 Å². The van der Waals surface area contributed by atoms with E-state index in [-0.39, 0.29) is 16.6 Å². The Morgan fingerprint density at radius 1 is 1.71 bits per heavy atom. The normalized spacial score (nSPS) is 18.4. The molecule has 1 aliphatic heterocycles. The standard InChI is InChI=1S/C12H16ClN5O3/c1-2-15-12(19)10-7-14-3-4-17(10)11-9(13)5-8(6-16-11)18(20)21/h5-6,10,14H,2-4,7H2,1H3,(H,15,19). The summed E-state index contributed by atoms with van der Waals surface area (Å²) in [6.07, 6.45) is 1.15. The van der Waals surface area contributed by atoms with Crippen molar-refractivity contribution in [3.63, 3.8) is 0 Å². The van der Waals surface area contributed by atoms with Gasteiger partial charge in [0.05, 0.1) is 9.95 Å². The smallest absolute Gasteiger partial charge is 0.289 e. The summed E-state index contributed by atoms with van der Waals surface area (Å²) in [6.45, 7) is 4.08. The molecule has 1 fully saturated rings. The Hall–Kier alpha value is -1.93. The van der Waals surface area contributed by atoms with E-state index in [4.69, 9.17) is 11.6 Å². The Morgan fingerprint density at radius 3 is 3.10 bits per heavy atom. The van der Waals surface area contributed by atoms with Gasteiger partial charge in [-0.3, -0.25) is 14.9 Å². The molecule has 114 valence electrons. The van der Waals surface area contributed by atoms with Gasteiger partial charge in [0.2, 0.25) is 5.91 Å². The minimum atomic E-state index is -0.554. The highest BCUT2D eigenvalue weighted by Crippen LogP contribution is 2.28. The van der Waals surface area contributed by atoms with Crippen LogP contribution in [0.5, 0.6) is 0 Å². The van der Waals surface area contributed by atoms with E-state index in [2.05, 4.69) is 15.6 Å². The molecule has 9 heteroatoms. The molecule has 1 aromatic heterocycles. The molecule has 1 atom stereocenters. The summed E-state index contributed by atoms with van der Waals surface area (Å²) in [5, 5.41) is 16.8. The number of likely N-dealkylation sites (N-methyl/N-ethyl adjacent to an activating group) is 1. The topological polar surface area (TPSA) is 100 Å². The highest BCUT2D eigenvalue weighted by Gasteiger charge is 2.31. The zero-order valence-corrected chi connectivity index (χ0v) is 12.3. The third-order valence-corrected chi connectivity index (χ3v) is 3.47. The molecule has 1 aliphatic rings. The number of carbonyl (C=O) groups excluding carboxylic acids is 1. The Kier molecular flexibility index (Phi) is 4.92. The summed E-state index contributed by atoms with van der Waals surface area (Å²) in [6, 6.07) is 0.811. The molecule has 0 aromatic carbocycles. The van der Waals surface area contributed by atoms with Crippen molar-refractivity contribution in [1.29, 1.82) is 0 Å². The summed E-state index contributed by atoms with van der Waals surface area (Å²) in [7, 11) is 0. The van der Waals surface area contributed by atoms with Crippen molar-refractivity contribution in [3.8, 4) is 0 Å². The molecule has 21 heavy (non-hydrogen) atoms. The van der Waals surface area contributed by atoms with Gasteiger partial charge in [0.25, 0.3) is 5.69 Å². The number of halogens is 1. The molecule has 8 nitrogen and oxygen atoms in total. The fourth-order valence-electron chi connectivity index (χ4n) is 2.22. The van der Waals surface area contributed by atoms with Crippen LogP contribution >= 0.6 is 11.6 Å². The number of rotatable bonds is 4. The number of piperazine rings is 1. The molecular weight excluding hydrogens is 298 g/mol. The predicted molar refractivity (Wildman–Crippen MR) is 78.6 cm³/mol. The van der Waals surface area contributed by atoms with Crippen LogP contribution in [-0.4, -0.2) is 48.0 Å². The fourth-order valence-corrected chi connectivity index (χ4v) is 2.49. The molecule has 0 radical (unpaired) electrons. The third-order valence-electron chi connectivity index (χ3n) is 3.19. The Bertz CT molecular complexity index is 554. The van der Waals surface area contributed by atoms with Crippen molar-refractivity contribution in [3.05, 3.63) is 27.4 Å². The lowest BCUT2D eigenvalue weighted by Gasteiger charge is -2.36. The number of nitrogens with zero attached hydrogens (tertiary/aromatic N) is 3. The maximum atomic E-state index is 12.1. The van der Waals surface area contributed by atoms with Crippen LogP contribution in [0.25, 0.3) is 0 Å². The van der Waals surface area contributed by atoms with Gasteiger partial charge in [-0.2, -0.15) is 0 Å². The largest absolute Gasteiger partial charge is 0.355 e. The highest BCUT2D eigenvalue weighted by molar-refractivity contribution is 6.33. The molecule has 0 saturated carbocycles. The van der Waals surface area contributed by atoms with Gasteiger partial charge in [0.1, 0.15) is 18.1 Å². The molecule has 0 aliphatic carbocycles. The minimum Gasteiger partial charge on any atom is -0.355 e. The quantitative estimate of drug-likeness (QED) is 0.622. The van der Waals surface area contributed by atoms with E-state index in [1.165, 1.54) is 6.07 Å². The monoisotopic (exact) mass is 313 g/mol. The zero-order chi connectivity index (χ0) is 15.4. The van der Waals surface area contributed by atoms with Crippen LogP contribution in [0.15, 0.2) is 12.3 Å². The molecule has 2 N–H and O–H groups in total. The summed E-state index contributed by atoms with van der Waals surface area (Å²) in [4.78, 5) is 28.1. The number of amides is 1. The van der Waals surface area contributed by atoms with E-state index < -0.39 is 11.0 Å². The summed E-state index contributed by atoms with van der Waals surface area (Å²) in [5.74, 6) is 0.265. The highest BCUT2D eigenvalue weighted by atomic mass is 35.5. The average Bonchev–Trinajstić information content (AvgIpc) is 2.47. The van der Waals surface area contributed by atoms with E-state index in [9.17, 15) is 14.9 Å². The molecule has 1 saturated heterocycles. The number of pyridine rings is 1. The van der Waals surface area contributed by atoms with Crippen LogP contribution in [-0.2, 0) is 4.79 Å². The van der Waals surface area contributed by atoms with Crippen molar-refractivity contribution in [2.45, 2.75) is 13.0 Å². The molecule has 1 unspecified atom stereocenters. The second-order valence-corrected chi connectivity index (χ2v) is 4.97. The summed E-state index contributed by atoms with van der Waals surface area (Å²) >= 11 is 6.09. The third kappa shape index (κ3) is 3.40. The first-order chi connectivity index (χ1) is 10.0. The maximum absolute atomic E-state index is 12.1. The van der Waals surface area contributed by atoms with E-state index in [1.807, 2.05) is 6.92 Å². The van der Waals surface area contributed by atoms with Gasteiger partial charge >= 0.3 is 0 Å². The molecule has 2 rings (SSSR count). The first-order valence-electron chi connectivity index (χ1n) is 6.59. The van der Waals surface area contributed by atoms with Crippen molar-refractivity contribution in [2.24, 2.45) is 0 Å². The molecule has 1 amide bonds. The number of nitro groups is 1. The second-order valence-electron chi connectivity index (χ2n) is 4.56. The first kappa shape index (κ1) is 15.5. The molecule has 2 heterocycles. The van der Waals surface area contributed by atoms with Crippen LogP contribution < -0.4 is 15.5 Å². The second kappa shape index (κ2) is 6.68. The number of carbonyl (C=O) groups is 1. The van der Waals surface area contributed by atoms with Crippen LogP contribution in [0.1, 0.15) is 6.92 Å². The van der Waals surface area contributed by atoms with Crippen LogP contribution in [0, 0.1) is 10.1 Å². The van der Waals surface area contributed by atoms with Crippen LogP contribution in [0.3, 0.4) is 0 Å². The summed E-state index contributed by atoms with van der Waals surface area (Å²) in [5.41, 5.74) is -0.173. The van der Waals surface area contributed by atoms with Gasteiger partial charge in [-0.15, -0.1) is 0 Å². The molecule has 0 bridgehead atoms. The number of anilines is 1. The fraction of sp³-hybridized carbons (Fsp3) is 0.500. The van der Waals surface area contributed by atoms with Crippen LogP contribution in [0.2, 0.25) is 5.02 Å². The van der Waals surface area contributed by atoms with Gasteiger partial charge < -0.3 is 15.5 Å². The van der Waals surface area contributed by atoms with Gasteiger partial charge in [-0.25, -0.2) is 4.98 Å². The zero-order valence-electron chi connectivity index (χ0n) is 11.5. The van der Waals surface area contributed by atoms with Gasteiger partial charge in [-0.1, -0.05) is 11.6 Å². The predicted octanol–water partition coefficient (Wildman–Crippen LogP) is 0.557. The Morgan fingerprint density at radius 2 is 2.48 bits per heavy atom. The van der Waals surface area contributed by atoms with Crippen molar-refractivity contribution < 1.29 is 9.72 Å². The average molecular weight is 314 g/mol. The minimum absolute atomic E-state index is 0.124. The van der Waals surface area contributed by atoms with Gasteiger partial charge in [0.15, 0.2) is 0 Å². The van der Waals surface area contributed by atoms with Crippen LogP contribution in [0.4, 0.5) is 11.5 Å². The lowest BCUT2D eigenvalue weighted by Crippen LogP contribution is -2.58. The number of nitrogens with one attached hydrogen (secondary N) is 2. The molecule has 1 aromatic rings. The van der Waals surface area contributed by atoms with E-state index >= 15 is 0 Å². The maximum Gasteiger partial charge on any atom is 0.289 e. The first-order valence-corrected chi connectivity index (χ1v) is 6.97. The Labute approximate surface area is 126 Å². The van der Waals surface area contributed by atoms with Crippen molar-refractivity contribution >= 4 is 29.0 Å². The van der Waals surface area contributed by atoms with Gasteiger partial charge in [0, 0.05) is 32.2 Å². The number of aromatic nitrogens is 1. The number of hydrogen-bond donors (Lipinski definition) is 2. The summed E-state index contributed by atoms with van der Waals surface area (Å²) < 4.78 is 0. The van der Waals surface area contributed by atoms with Gasteiger partial charge in [-0.05, 0) is 6.92 Å². The lowest BCUT2D eigenvalue weighted by molar-refractivity contribution is -0.385. The number of hydrogen-bond acceptors (Lipinski definition) is 6. The Balaban J connectivity index is 2.29. The lowest BCUT2D eigenvalue weighted by atomic mass is 10.1. The van der Waals surface area contributed by atoms with E-state index in [1.54, 1.807) is 4.90 Å². The van der Waals surface area contributed by atoms with E-state index in [0.717, 1.165) is 6.20 Å². The SMILES string of the molecule is CCNC(=O)C1CNCCN1c1ncc([N+](=O)[O-])cc1Cl. The molecular formula is C12H16ClN5O3. The molecule has 0 spiro atoms. The van der Waals surface area contributed by atoms with E-state index in [0.29, 0.717) is 32.0 Å². The van der Waals surface area contributed by atoms with Crippen molar-refractivity contribution in [2.75, 3.05) is 31.1 Å².